The molecule has 0 fully saturated rings. The van der Waals surface area contributed by atoms with Crippen LogP contribution in [0.2, 0.25) is 0 Å². The molecule has 1 aromatic heterocycles. The quantitative estimate of drug-likeness (QED) is 0.673. The lowest BCUT2D eigenvalue weighted by atomic mass is 10.1. The maximum atomic E-state index is 12.3. The molecule has 0 aliphatic heterocycles. The number of carbonyl (C=O) groups excluding carboxylic acids is 1. The molecule has 7 heteroatoms. The molecule has 122 valence electrons. The summed E-state index contributed by atoms with van der Waals surface area (Å²) in [6.07, 6.45) is 1.68. The topological polar surface area (TPSA) is 79.9 Å². The van der Waals surface area contributed by atoms with Gasteiger partial charge in [0.2, 0.25) is 0 Å². The Morgan fingerprint density at radius 1 is 1.17 bits per heavy atom. The number of amides is 1. The van der Waals surface area contributed by atoms with Crippen LogP contribution < -0.4 is 10.1 Å². The molecule has 0 atom stereocenters. The van der Waals surface area contributed by atoms with E-state index in [1.54, 1.807) is 49.3 Å². The van der Waals surface area contributed by atoms with E-state index in [1.807, 2.05) is 24.3 Å². The van der Waals surface area contributed by atoms with Crippen molar-refractivity contribution in [2.75, 3.05) is 12.4 Å². The van der Waals surface area contributed by atoms with E-state index in [1.165, 1.54) is 0 Å². The van der Waals surface area contributed by atoms with Gasteiger partial charge < -0.3 is 10.1 Å². The zero-order chi connectivity index (χ0) is 16.8. The fourth-order valence-corrected chi connectivity index (χ4v) is 2.79. The van der Waals surface area contributed by atoms with Gasteiger partial charge in [-0.05, 0) is 42.0 Å². The van der Waals surface area contributed by atoms with Crippen molar-refractivity contribution in [3.8, 4) is 5.75 Å². The van der Waals surface area contributed by atoms with Crippen LogP contribution in [0.4, 0.5) is 5.69 Å². The van der Waals surface area contributed by atoms with Crippen molar-refractivity contribution >= 4 is 23.4 Å². The molecule has 0 aliphatic carbocycles. The molecule has 0 bridgehead atoms. The first-order chi connectivity index (χ1) is 11.7. The van der Waals surface area contributed by atoms with Crippen LogP contribution in [0.15, 0.2) is 59.8 Å². The van der Waals surface area contributed by atoms with Crippen molar-refractivity contribution < 1.29 is 9.53 Å². The van der Waals surface area contributed by atoms with E-state index in [2.05, 4.69) is 20.7 Å². The number of ether oxygens (including phenoxy) is 1. The number of thioether (sulfide) groups is 1. The highest BCUT2D eigenvalue weighted by Gasteiger charge is 2.07. The second-order valence-corrected chi connectivity index (χ2v) is 5.97. The SMILES string of the molecule is COc1ccc(NC(=O)c2ccc(CSc3cn[nH]n3)cc2)cc1. The van der Waals surface area contributed by atoms with Crippen LogP contribution in [0.3, 0.4) is 0 Å². The number of nitrogens with zero attached hydrogens (tertiary/aromatic N) is 2. The predicted octanol–water partition coefficient (Wildman–Crippen LogP) is 3.36. The average molecular weight is 340 g/mol. The molecule has 24 heavy (non-hydrogen) atoms. The van der Waals surface area contributed by atoms with Gasteiger partial charge in [0.1, 0.15) is 10.8 Å². The molecule has 1 heterocycles. The number of hydrogen-bond donors (Lipinski definition) is 2. The van der Waals surface area contributed by atoms with Gasteiger partial charge in [0.25, 0.3) is 5.91 Å². The number of H-pyrrole nitrogens is 1. The van der Waals surface area contributed by atoms with Gasteiger partial charge in [0.05, 0.1) is 13.3 Å². The molecule has 2 aromatic carbocycles. The van der Waals surface area contributed by atoms with E-state index in [0.717, 1.165) is 27.8 Å². The second kappa shape index (κ2) is 7.65. The van der Waals surface area contributed by atoms with E-state index in [-0.39, 0.29) is 5.91 Å². The molecule has 0 spiro atoms. The standard InChI is InChI=1S/C17H16N4O2S/c1-23-15-8-6-14(7-9-15)19-17(22)13-4-2-12(3-5-13)11-24-16-10-18-21-20-16/h2-10H,11H2,1H3,(H,19,22)(H,18,20,21). The molecule has 3 rings (SSSR count). The lowest BCUT2D eigenvalue weighted by Gasteiger charge is -2.07. The van der Waals surface area contributed by atoms with E-state index in [9.17, 15) is 4.79 Å². The maximum absolute atomic E-state index is 12.3. The minimum absolute atomic E-state index is 0.143. The van der Waals surface area contributed by atoms with Gasteiger partial charge in [-0.2, -0.15) is 10.3 Å². The Kier molecular flexibility index (Phi) is 5.12. The number of methoxy groups -OCH3 is 1. The Morgan fingerprint density at radius 3 is 2.54 bits per heavy atom. The molecule has 1 amide bonds. The van der Waals surface area contributed by atoms with Crippen LogP contribution in [-0.4, -0.2) is 28.4 Å². The molecule has 0 saturated heterocycles. The van der Waals surface area contributed by atoms with Gasteiger partial charge in [-0.3, -0.25) is 4.79 Å². The van der Waals surface area contributed by atoms with Gasteiger partial charge in [0, 0.05) is 17.0 Å². The van der Waals surface area contributed by atoms with Gasteiger partial charge in [-0.1, -0.05) is 23.9 Å². The van der Waals surface area contributed by atoms with Crippen molar-refractivity contribution in [1.29, 1.82) is 0 Å². The number of nitrogens with one attached hydrogen (secondary N) is 2. The number of carbonyl (C=O) groups is 1. The molecule has 6 nitrogen and oxygen atoms in total. The minimum Gasteiger partial charge on any atom is -0.497 e. The summed E-state index contributed by atoms with van der Waals surface area (Å²) >= 11 is 1.58. The highest BCUT2D eigenvalue weighted by Crippen LogP contribution is 2.20. The third kappa shape index (κ3) is 4.14. The van der Waals surface area contributed by atoms with E-state index >= 15 is 0 Å². The summed E-state index contributed by atoms with van der Waals surface area (Å²) in [6, 6.07) is 14.7. The van der Waals surface area contributed by atoms with Crippen molar-refractivity contribution in [2.24, 2.45) is 0 Å². The highest BCUT2D eigenvalue weighted by molar-refractivity contribution is 7.98. The van der Waals surface area contributed by atoms with Crippen LogP contribution in [0.1, 0.15) is 15.9 Å². The maximum Gasteiger partial charge on any atom is 0.255 e. The summed E-state index contributed by atoms with van der Waals surface area (Å²) in [7, 11) is 1.61. The van der Waals surface area contributed by atoms with Crippen LogP contribution in [-0.2, 0) is 5.75 Å². The summed E-state index contributed by atoms with van der Waals surface area (Å²) in [4.78, 5) is 12.3. The van der Waals surface area contributed by atoms with E-state index in [0.29, 0.717) is 5.56 Å². The molecule has 3 aromatic rings. The molecular weight excluding hydrogens is 324 g/mol. The Bertz CT molecular complexity index is 786. The summed E-state index contributed by atoms with van der Waals surface area (Å²) < 4.78 is 5.10. The van der Waals surface area contributed by atoms with Crippen LogP contribution in [0.25, 0.3) is 0 Å². The first-order valence-corrected chi connectivity index (χ1v) is 8.26. The van der Waals surface area contributed by atoms with Crippen molar-refractivity contribution in [2.45, 2.75) is 10.8 Å². The van der Waals surface area contributed by atoms with Crippen molar-refractivity contribution in [3.05, 3.63) is 65.9 Å². The molecule has 0 saturated carbocycles. The molecule has 0 radical (unpaired) electrons. The zero-order valence-corrected chi connectivity index (χ0v) is 13.8. The largest absolute Gasteiger partial charge is 0.497 e. The average Bonchev–Trinajstić information content (AvgIpc) is 3.14. The number of hydrogen-bond acceptors (Lipinski definition) is 5. The number of benzene rings is 2. The van der Waals surface area contributed by atoms with Crippen LogP contribution >= 0.6 is 11.8 Å². The number of aromatic nitrogens is 3. The lowest BCUT2D eigenvalue weighted by Crippen LogP contribution is -2.11. The number of rotatable bonds is 6. The zero-order valence-electron chi connectivity index (χ0n) is 13.0. The normalized spacial score (nSPS) is 10.4. The summed E-state index contributed by atoms with van der Waals surface area (Å²) in [5.74, 6) is 1.38. The lowest BCUT2D eigenvalue weighted by molar-refractivity contribution is 0.102. The van der Waals surface area contributed by atoms with Gasteiger partial charge in [0.15, 0.2) is 0 Å². The smallest absolute Gasteiger partial charge is 0.255 e. The fraction of sp³-hybridized carbons (Fsp3) is 0.118. The van der Waals surface area contributed by atoms with Crippen molar-refractivity contribution in [1.82, 2.24) is 15.4 Å². The van der Waals surface area contributed by atoms with Gasteiger partial charge >= 0.3 is 0 Å². The van der Waals surface area contributed by atoms with Gasteiger partial charge in [-0.15, -0.1) is 5.10 Å². The Balaban J connectivity index is 1.58. The minimum atomic E-state index is -0.143. The second-order valence-electron chi connectivity index (χ2n) is 4.98. The molecule has 2 N–H and O–H groups in total. The first-order valence-electron chi connectivity index (χ1n) is 7.27. The van der Waals surface area contributed by atoms with Crippen LogP contribution in [0, 0.1) is 0 Å². The molecule has 0 unspecified atom stereocenters. The van der Waals surface area contributed by atoms with E-state index < -0.39 is 0 Å². The summed E-state index contributed by atoms with van der Waals surface area (Å²) in [6.45, 7) is 0. The van der Waals surface area contributed by atoms with Crippen LogP contribution in [0.5, 0.6) is 5.75 Å². The molecular formula is C17H16N4O2S. The monoisotopic (exact) mass is 340 g/mol. The summed E-state index contributed by atoms with van der Waals surface area (Å²) in [5, 5.41) is 14.0. The first kappa shape index (κ1) is 16.1. The summed E-state index contributed by atoms with van der Waals surface area (Å²) in [5.41, 5.74) is 2.46. The van der Waals surface area contributed by atoms with Crippen molar-refractivity contribution in [3.63, 3.8) is 0 Å². The highest BCUT2D eigenvalue weighted by atomic mass is 32.2. The fourth-order valence-electron chi connectivity index (χ4n) is 2.05. The Morgan fingerprint density at radius 2 is 1.92 bits per heavy atom. The Labute approximate surface area is 143 Å². The molecule has 0 aliphatic rings. The third-order valence-corrected chi connectivity index (χ3v) is 4.31. The third-order valence-electron chi connectivity index (χ3n) is 3.34. The Hall–Kier alpha value is -2.80. The van der Waals surface area contributed by atoms with Gasteiger partial charge in [-0.25, -0.2) is 0 Å². The number of aromatic amines is 1. The van der Waals surface area contributed by atoms with E-state index in [4.69, 9.17) is 4.74 Å². The number of anilines is 1. The predicted molar refractivity (Wildman–Crippen MR) is 93.3 cm³/mol.